The number of carbonyl (C=O) groups is 1. The van der Waals surface area contributed by atoms with Crippen LogP contribution in [0, 0.1) is 5.82 Å². The number of aromatic nitrogens is 2. The summed E-state index contributed by atoms with van der Waals surface area (Å²) in [6.45, 7) is 0. The standard InChI is InChI=1S/C17H19FN4O/c18-12-5-4-8-14(9-12)21-16-11-19-15(10-20-16)17(23)22-13-6-2-1-3-7-13/h4-5,8-11,13H,1-3,6-7H2,(H,20,21)(H,22,23). The molecule has 6 heteroatoms. The first kappa shape index (κ1) is 15.4. The van der Waals surface area contributed by atoms with Gasteiger partial charge in [0.25, 0.3) is 5.91 Å². The molecule has 0 atom stereocenters. The van der Waals surface area contributed by atoms with E-state index >= 15 is 0 Å². The molecule has 1 aromatic heterocycles. The Bertz CT molecular complexity index is 669. The molecule has 5 nitrogen and oxygen atoms in total. The summed E-state index contributed by atoms with van der Waals surface area (Å²) in [5, 5.41) is 5.95. The molecule has 1 heterocycles. The Morgan fingerprint density at radius 3 is 2.65 bits per heavy atom. The van der Waals surface area contributed by atoms with E-state index in [1.807, 2.05) is 0 Å². The zero-order valence-electron chi connectivity index (χ0n) is 12.8. The lowest BCUT2D eigenvalue weighted by Gasteiger charge is -2.22. The largest absolute Gasteiger partial charge is 0.348 e. The highest BCUT2D eigenvalue weighted by atomic mass is 19.1. The average Bonchev–Trinajstić information content (AvgIpc) is 2.56. The van der Waals surface area contributed by atoms with Gasteiger partial charge in [-0.15, -0.1) is 0 Å². The van der Waals surface area contributed by atoms with E-state index in [9.17, 15) is 9.18 Å². The second-order valence-corrected chi connectivity index (χ2v) is 5.73. The van der Waals surface area contributed by atoms with Crippen molar-refractivity contribution in [3.63, 3.8) is 0 Å². The molecule has 0 radical (unpaired) electrons. The first-order valence-corrected chi connectivity index (χ1v) is 7.86. The molecule has 2 N–H and O–H groups in total. The fourth-order valence-corrected chi connectivity index (χ4v) is 2.73. The topological polar surface area (TPSA) is 66.9 Å². The van der Waals surface area contributed by atoms with Crippen molar-refractivity contribution in [1.82, 2.24) is 15.3 Å². The van der Waals surface area contributed by atoms with Gasteiger partial charge in [-0.3, -0.25) is 4.79 Å². The first-order valence-electron chi connectivity index (χ1n) is 7.86. The zero-order chi connectivity index (χ0) is 16.1. The van der Waals surface area contributed by atoms with Crippen LogP contribution in [0.2, 0.25) is 0 Å². The molecule has 3 rings (SSSR count). The normalized spacial score (nSPS) is 15.2. The summed E-state index contributed by atoms with van der Waals surface area (Å²) in [5.41, 5.74) is 0.874. The van der Waals surface area contributed by atoms with Gasteiger partial charge >= 0.3 is 0 Å². The highest BCUT2D eigenvalue weighted by Crippen LogP contribution is 2.18. The summed E-state index contributed by atoms with van der Waals surface area (Å²) in [7, 11) is 0. The number of nitrogens with zero attached hydrogens (tertiary/aromatic N) is 2. The van der Waals surface area contributed by atoms with Crippen molar-refractivity contribution in [3.05, 3.63) is 48.2 Å². The van der Waals surface area contributed by atoms with Gasteiger partial charge in [-0.2, -0.15) is 0 Å². The Labute approximate surface area is 134 Å². The molecular formula is C17H19FN4O. The van der Waals surface area contributed by atoms with E-state index in [4.69, 9.17) is 0 Å². The van der Waals surface area contributed by atoms with Crippen LogP contribution in [0.15, 0.2) is 36.7 Å². The molecule has 120 valence electrons. The predicted molar refractivity (Wildman–Crippen MR) is 86.1 cm³/mol. The van der Waals surface area contributed by atoms with Gasteiger partial charge in [0.1, 0.15) is 17.3 Å². The number of carbonyl (C=O) groups excluding carboxylic acids is 1. The molecule has 1 aromatic carbocycles. The molecular weight excluding hydrogens is 295 g/mol. The van der Waals surface area contributed by atoms with Crippen LogP contribution in [0.1, 0.15) is 42.6 Å². The summed E-state index contributed by atoms with van der Waals surface area (Å²) in [6.07, 6.45) is 8.52. The minimum absolute atomic E-state index is 0.193. The molecule has 1 amide bonds. The SMILES string of the molecule is O=C(NC1CCCCC1)c1cnc(Nc2cccc(F)c2)cn1. The molecule has 2 aromatic rings. The summed E-state index contributed by atoms with van der Waals surface area (Å²) in [4.78, 5) is 20.4. The van der Waals surface area contributed by atoms with E-state index in [1.165, 1.54) is 30.9 Å². The Hall–Kier alpha value is -2.50. The van der Waals surface area contributed by atoms with Gasteiger partial charge in [-0.05, 0) is 31.0 Å². The number of amides is 1. The Morgan fingerprint density at radius 2 is 1.96 bits per heavy atom. The lowest BCUT2D eigenvalue weighted by atomic mass is 9.95. The van der Waals surface area contributed by atoms with Crippen molar-refractivity contribution >= 4 is 17.4 Å². The second-order valence-electron chi connectivity index (χ2n) is 5.73. The van der Waals surface area contributed by atoms with Crippen molar-refractivity contribution in [2.24, 2.45) is 0 Å². The van der Waals surface area contributed by atoms with Crippen LogP contribution < -0.4 is 10.6 Å². The van der Waals surface area contributed by atoms with E-state index < -0.39 is 0 Å². The molecule has 23 heavy (non-hydrogen) atoms. The van der Waals surface area contributed by atoms with Crippen LogP contribution in [-0.4, -0.2) is 21.9 Å². The van der Waals surface area contributed by atoms with Crippen LogP contribution in [0.3, 0.4) is 0 Å². The van der Waals surface area contributed by atoms with Crippen LogP contribution >= 0.6 is 0 Å². The number of nitrogens with one attached hydrogen (secondary N) is 2. The third kappa shape index (κ3) is 4.25. The van der Waals surface area contributed by atoms with E-state index in [2.05, 4.69) is 20.6 Å². The molecule has 0 bridgehead atoms. The lowest BCUT2D eigenvalue weighted by Crippen LogP contribution is -2.36. The summed E-state index contributed by atoms with van der Waals surface area (Å²) in [5.74, 6) is -0.0574. The third-order valence-electron chi connectivity index (χ3n) is 3.92. The molecule has 1 saturated carbocycles. The summed E-state index contributed by atoms with van der Waals surface area (Å²) in [6, 6.07) is 6.31. The summed E-state index contributed by atoms with van der Waals surface area (Å²) < 4.78 is 13.1. The average molecular weight is 314 g/mol. The fourth-order valence-electron chi connectivity index (χ4n) is 2.73. The van der Waals surface area contributed by atoms with E-state index in [0.717, 1.165) is 25.7 Å². The van der Waals surface area contributed by atoms with Gasteiger partial charge < -0.3 is 10.6 Å². The van der Waals surface area contributed by atoms with Gasteiger partial charge in [-0.25, -0.2) is 14.4 Å². The Morgan fingerprint density at radius 1 is 1.13 bits per heavy atom. The maximum absolute atomic E-state index is 13.1. The Kier molecular flexibility index (Phi) is 4.80. The second kappa shape index (κ2) is 7.17. The molecule has 1 aliphatic carbocycles. The van der Waals surface area contributed by atoms with Crippen molar-refractivity contribution in [2.75, 3.05) is 5.32 Å². The highest BCUT2D eigenvalue weighted by molar-refractivity contribution is 5.92. The molecule has 0 aliphatic heterocycles. The van der Waals surface area contributed by atoms with Gasteiger partial charge in [0, 0.05) is 11.7 Å². The number of benzene rings is 1. The minimum atomic E-state index is -0.327. The number of anilines is 2. The number of hydrogen-bond donors (Lipinski definition) is 2. The minimum Gasteiger partial charge on any atom is -0.348 e. The quantitative estimate of drug-likeness (QED) is 0.907. The smallest absolute Gasteiger partial charge is 0.271 e. The maximum Gasteiger partial charge on any atom is 0.271 e. The molecule has 0 unspecified atom stereocenters. The number of hydrogen-bond acceptors (Lipinski definition) is 4. The van der Waals surface area contributed by atoms with E-state index in [-0.39, 0.29) is 17.8 Å². The Balaban J connectivity index is 1.61. The zero-order valence-corrected chi connectivity index (χ0v) is 12.8. The maximum atomic E-state index is 13.1. The number of rotatable bonds is 4. The van der Waals surface area contributed by atoms with Crippen molar-refractivity contribution < 1.29 is 9.18 Å². The predicted octanol–water partition coefficient (Wildman–Crippen LogP) is 3.42. The van der Waals surface area contributed by atoms with Crippen molar-refractivity contribution in [1.29, 1.82) is 0 Å². The van der Waals surface area contributed by atoms with E-state index in [0.29, 0.717) is 17.2 Å². The lowest BCUT2D eigenvalue weighted by molar-refractivity contribution is 0.0922. The van der Waals surface area contributed by atoms with Gasteiger partial charge in [0.05, 0.1) is 12.4 Å². The van der Waals surface area contributed by atoms with Gasteiger partial charge in [-0.1, -0.05) is 25.3 Å². The van der Waals surface area contributed by atoms with Crippen LogP contribution in [0.4, 0.5) is 15.9 Å². The van der Waals surface area contributed by atoms with Crippen LogP contribution in [0.25, 0.3) is 0 Å². The molecule has 0 spiro atoms. The van der Waals surface area contributed by atoms with Crippen molar-refractivity contribution in [2.45, 2.75) is 38.1 Å². The van der Waals surface area contributed by atoms with Gasteiger partial charge in [0.15, 0.2) is 0 Å². The first-order chi connectivity index (χ1) is 11.2. The fraction of sp³-hybridized carbons (Fsp3) is 0.353. The monoisotopic (exact) mass is 314 g/mol. The third-order valence-corrected chi connectivity index (χ3v) is 3.92. The molecule has 0 saturated heterocycles. The highest BCUT2D eigenvalue weighted by Gasteiger charge is 2.17. The summed E-state index contributed by atoms with van der Waals surface area (Å²) >= 11 is 0. The van der Waals surface area contributed by atoms with Gasteiger partial charge in [0.2, 0.25) is 0 Å². The van der Waals surface area contributed by atoms with Crippen LogP contribution in [-0.2, 0) is 0 Å². The van der Waals surface area contributed by atoms with E-state index in [1.54, 1.807) is 12.1 Å². The molecule has 1 aliphatic rings. The van der Waals surface area contributed by atoms with Crippen molar-refractivity contribution in [3.8, 4) is 0 Å². The molecule has 1 fully saturated rings. The van der Waals surface area contributed by atoms with Crippen LogP contribution in [0.5, 0.6) is 0 Å². The number of halogens is 1.